The number of hydrogen-bond acceptors (Lipinski definition) is 5. The number of alkyl halides is 2. The predicted octanol–water partition coefficient (Wildman–Crippen LogP) is 3.75. The number of ether oxygens (including phenoxy) is 1. The summed E-state index contributed by atoms with van der Waals surface area (Å²) in [4.78, 5) is 0. The summed E-state index contributed by atoms with van der Waals surface area (Å²) in [6, 6.07) is 12.7. The van der Waals surface area contributed by atoms with E-state index in [1.807, 2.05) is 0 Å². The molecule has 0 aliphatic carbocycles. The second-order valence-electron chi connectivity index (χ2n) is 7.72. The summed E-state index contributed by atoms with van der Waals surface area (Å²) >= 11 is 0. The van der Waals surface area contributed by atoms with E-state index in [1.54, 1.807) is 36.4 Å². The highest BCUT2D eigenvalue weighted by Gasteiger charge is 2.31. The molecular weight excluding hydrogens is 404 g/mol. The first-order valence-corrected chi connectivity index (χ1v) is 10.7. The van der Waals surface area contributed by atoms with Crippen molar-refractivity contribution in [2.24, 2.45) is 0 Å². The van der Waals surface area contributed by atoms with Crippen LogP contribution in [-0.4, -0.2) is 47.7 Å². The van der Waals surface area contributed by atoms with Crippen LogP contribution in [0.15, 0.2) is 48.5 Å². The fourth-order valence-electron chi connectivity index (χ4n) is 3.26. The lowest BCUT2D eigenvalue weighted by Gasteiger charge is -2.16. The normalized spacial score (nSPS) is 12.8. The molecule has 0 heterocycles. The van der Waals surface area contributed by atoms with Gasteiger partial charge in [-0.05, 0) is 37.4 Å². The Kier molecular flexibility index (Phi) is 10.9. The molecule has 0 radical (unpaired) electrons. The molecule has 2 aromatic rings. The van der Waals surface area contributed by atoms with Crippen molar-refractivity contribution in [3.8, 4) is 5.75 Å². The molecule has 0 aliphatic heterocycles. The van der Waals surface area contributed by atoms with E-state index in [1.165, 1.54) is 12.1 Å². The number of hydrogen-bond donors (Lipinski definition) is 4. The third-order valence-corrected chi connectivity index (χ3v) is 5.04. The van der Waals surface area contributed by atoms with Crippen LogP contribution >= 0.6 is 0 Å². The maximum absolute atomic E-state index is 14.0. The molecule has 1 atom stereocenters. The van der Waals surface area contributed by atoms with Crippen molar-refractivity contribution < 1.29 is 28.8 Å². The van der Waals surface area contributed by atoms with Crippen LogP contribution in [0.4, 0.5) is 8.78 Å². The highest BCUT2D eigenvalue weighted by atomic mass is 19.3. The summed E-state index contributed by atoms with van der Waals surface area (Å²) in [6.07, 6.45) is 3.37. The maximum Gasteiger partial charge on any atom is 0.296 e. The minimum absolute atomic E-state index is 0.0257. The van der Waals surface area contributed by atoms with Gasteiger partial charge < -0.3 is 25.4 Å². The summed E-state index contributed by atoms with van der Waals surface area (Å²) < 4.78 is 33.1. The Morgan fingerprint density at radius 2 is 1.74 bits per heavy atom. The molecule has 0 aromatic heterocycles. The number of phenols is 1. The summed E-state index contributed by atoms with van der Waals surface area (Å²) in [6.45, 7) is 0.703. The lowest BCUT2D eigenvalue weighted by molar-refractivity contribution is -0.0831. The molecule has 2 rings (SSSR count). The zero-order valence-corrected chi connectivity index (χ0v) is 17.8. The number of aromatic hydroxyl groups is 1. The van der Waals surface area contributed by atoms with Crippen molar-refractivity contribution in [1.82, 2.24) is 5.32 Å². The summed E-state index contributed by atoms with van der Waals surface area (Å²) in [5.74, 6) is -2.93. The number of aliphatic hydroxyl groups excluding tert-OH is 2. The Labute approximate surface area is 182 Å². The van der Waals surface area contributed by atoms with Gasteiger partial charge in [-0.1, -0.05) is 55.3 Å². The monoisotopic (exact) mass is 437 g/mol. The molecule has 0 spiro atoms. The van der Waals surface area contributed by atoms with Gasteiger partial charge in [-0.15, -0.1) is 0 Å². The standard InChI is InChI=1S/C24H33F2NO4/c25-24(26,21-8-4-3-5-9-21)18-31-13-7-2-1-6-12-27-16-22(29)14-19-10-11-20(17-28)23(30)15-19/h3-5,8-11,15,22,27-30H,1-2,6-7,12-14,16-18H2. The number of rotatable bonds is 15. The molecule has 0 fully saturated rings. The lowest BCUT2D eigenvalue weighted by Crippen LogP contribution is -2.29. The summed E-state index contributed by atoms with van der Waals surface area (Å²) in [5, 5.41) is 32.1. The quantitative estimate of drug-likeness (QED) is 0.319. The van der Waals surface area contributed by atoms with E-state index in [-0.39, 0.29) is 17.9 Å². The lowest BCUT2D eigenvalue weighted by atomic mass is 10.0. The van der Waals surface area contributed by atoms with Gasteiger partial charge in [-0.25, -0.2) is 0 Å². The first-order chi connectivity index (χ1) is 14.9. The number of unbranched alkanes of at least 4 members (excludes halogenated alkanes) is 3. The van der Waals surface area contributed by atoms with Gasteiger partial charge in [-0.2, -0.15) is 8.78 Å². The van der Waals surface area contributed by atoms with Gasteiger partial charge in [0.1, 0.15) is 12.4 Å². The first kappa shape index (κ1) is 25.2. The molecule has 172 valence electrons. The van der Waals surface area contributed by atoms with Gasteiger partial charge in [0, 0.05) is 24.3 Å². The molecule has 2 aromatic carbocycles. The second kappa shape index (κ2) is 13.4. The molecular formula is C24H33F2NO4. The number of benzene rings is 2. The van der Waals surface area contributed by atoms with E-state index < -0.39 is 18.6 Å². The van der Waals surface area contributed by atoms with Gasteiger partial charge in [0.05, 0.1) is 12.7 Å². The van der Waals surface area contributed by atoms with Crippen molar-refractivity contribution in [1.29, 1.82) is 0 Å². The molecule has 0 saturated carbocycles. The minimum Gasteiger partial charge on any atom is -0.508 e. The van der Waals surface area contributed by atoms with Crippen molar-refractivity contribution in [2.75, 3.05) is 26.3 Å². The van der Waals surface area contributed by atoms with Crippen molar-refractivity contribution in [3.63, 3.8) is 0 Å². The molecule has 1 unspecified atom stereocenters. The zero-order chi connectivity index (χ0) is 22.5. The Bertz CT molecular complexity index is 758. The van der Waals surface area contributed by atoms with Crippen molar-refractivity contribution in [2.45, 2.75) is 50.7 Å². The fourth-order valence-corrected chi connectivity index (χ4v) is 3.26. The van der Waals surface area contributed by atoms with Crippen LogP contribution in [0.2, 0.25) is 0 Å². The Balaban J connectivity index is 1.47. The zero-order valence-electron chi connectivity index (χ0n) is 17.8. The van der Waals surface area contributed by atoms with Gasteiger partial charge in [0.15, 0.2) is 0 Å². The van der Waals surface area contributed by atoms with Crippen LogP contribution in [-0.2, 0) is 23.7 Å². The van der Waals surface area contributed by atoms with Crippen molar-refractivity contribution in [3.05, 3.63) is 65.2 Å². The fraction of sp³-hybridized carbons (Fsp3) is 0.500. The van der Waals surface area contributed by atoms with Gasteiger partial charge in [0.2, 0.25) is 0 Å². The molecule has 0 aliphatic rings. The molecule has 5 nitrogen and oxygen atoms in total. The maximum atomic E-state index is 14.0. The Hall–Kier alpha value is -2.06. The van der Waals surface area contributed by atoms with Crippen LogP contribution in [0.25, 0.3) is 0 Å². The van der Waals surface area contributed by atoms with Crippen LogP contribution in [0.5, 0.6) is 5.75 Å². The average Bonchev–Trinajstić information content (AvgIpc) is 2.76. The molecule has 31 heavy (non-hydrogen) atoms. The molecule has 4 N–H and O–H groups in total. The van der Waals surface area contributed by atoms with Gasteiger partial charge in [-0.3, -0.25) is 0 Å². The smallest absolute Gasteiger partial charge is 0.296 e. The third-order valence-electron chi connectivity index (χ3n) is 5.04. The Morgan fingerprint density at radius 1 is 1.00 bits per heavy atom. The van der Waals surface area contributed by atoms with Crippen LogP contribution < -0.4 is 5.32 Å². The van der Waals surface area contributed by atoms with Crippen LogP contribution in [0.1, 0.15) is 42.4 Å². The molecule has 0 amide bonds. The van der Waals surface area contributed by atoms with E-state index in [2.05, 4.69) is 5.32 Å². The van der Waals surface area contributed by atoms with Gasteiger partial charge in [0.25, 0.3) is 5.92 Å². The van der Waals surface area contributed by atoms with E-state index in [0.29, 0.717) is 25.1 Å². The largest absolute Gasteiger partial charge is 0.508 e. The average molecular weight is 438 g/mol. The van der Waals surface area contributed by atoms with E-state index >= 15 is 0 Å². The number of nitrogens with one attached hydrogen (secondary N) is 1. The minimum atomic E-state index is -2.97. The van der Waals surface area contributed by atoms with E-state index in [0.717, 1.165) is 37.8 Å². The predicted molar refractivity (Wildman–Crippen MR) is 116 cm³/mol. The van der Waals surface area contributed by atoms with Crippen LogP contribution in [0.3, 0.4) is 0 Å². The SMILES string of the molecule is OCc1ccc(CC(O)CNCCCCCCOCC(F)(F)c2ccccc2)cc1O. The van der Waals surface area contributed by atoms with E-state index in [9.17, 15) is 19.0 Å². The first-order valence-electron chi connectivity index (χ1n) is 10.7. The third kappa shape index (κ3) is 9.31. The molecule has 0 bridgehead atoms. The van der Waals surface area contributed by atoms with Crippen LogP contribution in [0, 0.1) is 0 Å². The summed E-state index contributed by atoms with van der Waals surface area (Å²) in [7, 11) is 0. The molecule has 7 heteroatoms. The Morgan fingerprint density at radius 3 is 2.45 bits per heavy atom. The van der Waals surface area contributed by atoms with E-state index in [4.69, 9.17) is 9.84 Å². The summed E-state index contributed by atoms with van der Waals surface area (Å²) in [5.41, 5.74) is 1.25. The topological polar surface area (TPSA) is 82.0 Å². The number of halogens is 2. The highest BCUT2D eigenvalue weighted by molar-refractivity contribution is 5.36. The number of aliphatic hydroxyl groups is 2. The second-order valence-corrected chi connectivity index (χ2v) is 7.72. The highest BCUT2D eigenvalue weighted by Crippen LogP contribution is 2.27. The van der Waals surface area contributed by atoms with Crippen molar-refractivity contribution >= 4 is 0 Å². The molecule has 0 saturated heterocycles. The van der Waals surface area contributed by atoms with Gasteiger partial charge >= 0.3 is 0 Å².